The molecule has 0 saturated carbocycles. The molecule has 138 valence electrons. The number of benzene rings is 3. The van der Waals surface area contributed by atoms with E-state index < -0.39 is 17.7 Å². The molecule has 1 atom stereocenters. The normalized spacial score (nSPS) is 18.5. The fourth-order valence-electron chi connectivity index (χ4n) is 3.51. The molecule has 0 unspecified atom stereocenters. The number of aliphatic hydroxyl groups excluding tert-OH is 1. The van der Waals surface area contributed by atoms with Gasteiger partial charge in [0.1, 0.15) is 5.76 Å². The van der Waals surface area contributed by atoms with Crippen LogP contribution in [-0.2, 0) is 9.59 Å². The van der Waals surface area contributed by atoms with E-state index in [0.717, 1.165) is 11.1 Å². The van der Waals surface area contributed by atoms with E-state index in [0.29, 0.717) is 11.3 Å². The maximum Gasteiger partial charge on any atom is 0.300 e. The smallest absolute Gasteiger partial charge is 0.300 e. The Hall–Kier alpha value is -3.66. The molecule has 3 aromatic carbocycles. The molecule has 3 aromatic rings. The van der Waals surface area contributed by atoms with Crippen LogP contribution in [0.15, 0.2) is 90.5 Å². The highest BCUT2D eigenvalue weighted by Gasteiger charge is 2.46. The summed E-state index contributed by atoms with van der Waals surface area (Å²) in [5, 5.41) is 11.0. The standard InChI is InChI=1S/C24H19NO3/c1-16-12-14-18(15-13-16)22(26)20-21(17-8-4-2-5-9-17)25(24(28)23(20)27)19-10-6-3-7-11-19/h2-15,21,26H,1H3/t21-/m0/s1. The first-order chi connectivity index (χ1) is 13.6. The molecule has 1 aliphatic rings. The maximum absolute atomic E-state index is 12.9. The van der Waals surface area contributed by atoms with Gasteiger partial charge in [-0.25, -0.2) is 0 Å². The number of nitrogens with zero attached hydrogens (tertiary/aromatic N) is 1. The van der Waals surface area contributed by atoms with Crippen molar-refractivity contribution >= 4 is 23.1 Å². The van der Waals surface area contributed by atoms with Gasteiger partial charge < -0.3 is 5.11 Å². The minimum atomic E-state index is -0.690. The van der Waals surface area contributed by atoms with E-state index >= 15 is 0 Å². The number of hydrogen-bond donors (Lipinski definition) is 1. The zero-order valence-electron chi connectivity index (χ0n) is 15.4. The van der Waals surface area contributed by atoms with Crippen molar-refractivity contribution in [3.63, 3.8) is 0 Å². The highest BCUT2D eigenvalue weighted by molar-refractivity contribution is 6.51. The summed E-state index contributed by atoms with van der Waals surface area (Å²) in [6.07, 6.45) is 0. The summed E-state index contributed by atoms with van der Waals surface area (Å²) in [4.78, 5) is 27.3. The second-order valence-electron chi connectivity index (χ2n) is 6.78. The molecule has 1 fully saturated rings. The lowest BCUT2D eigenvalue weighted by Crippen LogP contribution is -2.29. The molecule has 0 bridgehead atoms. The van der Waals surface area contributed by atoms with Gasteiger partial charge in [0.25, 0.3) is 11.7 Å². The fourth-order valence-corrected chi connectivity index (χ4v) is 3.51. The van der Waals surface area contributed by atoms with Crippen molar-refractivity contribution < 1.29 is 14.7 Å². The van der Waals surface area contributed by atoms with Crippen molar-refractivity contribution in [3.8, 4) is 0 Å². The molecule has 1 amide bonds. The summed E-state index contributed by atoms with van der Waals surface area (Å²) >= 11 is 0. The first-order valence-electron chi connectivity index (χ1n) is 9.06. The van der Waals surface area contributed by atoms with Crippen LogP contribution in [-0.4, -0.2) is 16.8 Å². The van der Waals surface area contributed by atoms with Gasteiger partial charge in [0, 0.05) is 11.3 Å². The molecule has 1 heterocycles. The first kappa shape index (κ1) is 17.7. The van der Waals surface area contributed by atoms with Crippen LogP contribution < -0.4 is 4.90 Å². The van der Waals surface area contributed by atoms with Crippen molar-refractivity contribution in [2.45, 2.75) is 13.0 Å². The van der Waals surface area contributed by atoms with Crippen LogP contribution in [0.25, 0.3) is 5.76 Å². The van der Waals surface area contributed by atoms with Crippen molar-refractivity contribution in [3.05, 3.63) is 107 Å². The maximum atomic E-state index is 12.9. The van der Waals surface area contributed by atoms with Gasteiger partial charge in [-0.05, 0) is 24.6 Å². The highest BCUT2D eigenvalue weighted by Crippen LogP contribution is 2.41. The molecule has 4 nitrogen and oxygen atoms in total. The van der Waals surface area contributed by atoms with Crippen molar-refractivity contribution in [1.82, 2.24) is 0 Å². The number of carbonyl (C=O) groups excluding carboxylic acids is 2. The molecule has 4 heteroatoms. The Morgan fingerprint density at radius 2 is 1.39 bits per heavy atom. The highest BCUT2D eigenvalue weighted by atomic mass is 16.3. The third-order valence-electron chi connectivity index (χ3n) is 4.92. The van der Waals surface area contributed by atoms with Crippen molar-refractivity contribution in [2.24, 2.45) is 0 Å². The van der Waals surface area contributed by atoms with E-state index in [1.165, 1.54) is 4.90 Å². The van der Waals surface area contributed by atoms with E-state index in [4.69, 9.17) is 0 Å². The third-order valence-corrected chi connectivity index (χ3v) is 4.92. The molecule has 0 spiro atoms. The summed E-state index contributed by atoms with van der Waals surface area (Å²) in [5.41, 5.74) is 3.03. The van der Waals surface area contributed by atoms with Gasteiger partial charge >= 0.3 is 0 Å². The van der Waals surface area contributed by atoms with Crippen LogP contribution in [0.2, 0.25) is 0 Å². The summed E-state index contributed by atoms with van der Waals surface area (Å²) in [6, 6.07) is 24.9. The quantitative estimate of drug-likeness (QED) is 0.416. The Morgan fingerprint density at radius 3 is 2.00 bits per heavy atom. The Balaban J connectivity index is 1.94. The zero-order valence-corrected chi connectivity index (χ0v) is 15.4. The van der Waals surface area contributed by atoms with Gasteiger partial charge in [-0.2, -0.15) is 0 Å². The lowest BCUT2D eigenvalue weighted by Gasteiger charge is -2.25. The van der Waals surface area contributed by atoms with Crippen molar-refractivity contribution in [2.75, 3.05) is 4.90 Å². The summed E-state index contributed by atoms with van der Waals surface area (Å²) in [5.74, 6) is -1.49. The van der Waals surface area contributed by atoms with Gasteiger partial charge in [-0.1, -0.05) is 78.4 Å². The topological polar surface area (TPSA) is 57.6 Å². The van der Waals surface area contributed by atoms with Gasteiger partial charge in [0.15, 0.2) is 0 Å². The van der Waals surface area contributed by atoms with Crippen LogP contribution in [0.1, 0.15) is 22.7 Å². The largest absolute Gasteiger partial charge is 0.507 e. The minimum absolute atomic E-state index is 0.101. The number of aliphatic hydroxyl groups is 1. The summed E-state index contributed by atoms with van der Waals surface area (Å²) in [7, 11) is 0. The van der Waals surface area contributed by atoms with E-state index in [-0.39, 0.29) is 11.3 Å². The second-order valence-corrected chi connectivity index (χ2v) is 6.78. The lowest BCUT2D eigenvalue weighted by atomic mass is 9.95. The predicted molar refractivity (Wildman–Crippen MR) is 109 cm³/mol. The number of rotatable bonds is 3. The van der Waals surface area contributed by atoms with E-state index in [1.54, 1.807) is 24.3 Å². The predicted octanol–water partition coefficient (Wildman–Crippen LogP) is 4.62. The average molecular weight is 369 g/mol. The Labute approximate surface area is 163 Å². The Kier molecular flexibility index (Phi) is 4.53. The summed E-state index contributed by atoms with van der Waals surface area (Å²) in [6.45, 7) is 1.95. The van der Waals surface area contributed by atoms with Crippen LogP contribution in [0.3, 0.4) is 0 Å². The number of anilines is 1. The average Bonchev–Trinajstić information content (AvgIpc) is 3.00. The van der Waals surface area contributed by atoms with E-state index in [1.807, 2.05) is 67.6 Å². The number of hydrogen-bond acceptors (Lipinski definition) is 3. The number of Topliss-reactive ketones (excluding diaryl/α,β-unsaturated/α-hetero) is 1. The first-order valence-corrected chi connectivity index (χ1v) is 9.06. The van der Waals surface area contributed by atoms with Gasteiger partial charge in [0.2, 0.25) is 0 Å². The number of amides is 1. The third kappa shape index (κ3) is 2.99. The number of aryl methyl sites for hydroxylation is 1. The molecular weight excluding hydrogens is 350 g/mol. The molecule has 0 radical (unpaired) electrons. The molecule has 28 heavy (non-hydrogen) atoms. The molecule has 4 rings (SSSR count). The van der Waals surface area contributed by atoms with Gasteiger partial charge in [-0.3, -0.25) is 14.5 Å². The monoisotopic (exact) mass is 369 g/mol. The molecule has 1 aliphatic heterocycles. The lowest BCUT2D eigenvalue weighted by molar-refractivity contribution is -0.132. The molecular formula is C24H19NO3. The Bertz CT molecular complexity index is 1050. The molecule has 0 aliphatic carbocycles. The van der Waals surface area contributed by atoms with Crippen molar-refractivity contribution in [1.29, 1.82) is 0 Å². The minimum Gasteiger partial charge on any atom is -0.507 e. The van der Waals surface area contributed by atoms with Gasteiger partial charge in [-0.15, -0.1) is 0 Å². The van der Waals surface area contributed by atoms with Gasteiger partial charge in [0.05, 0.1) is 11.6 Å². The van der Waals surface area contributed by atoms with E-state index in [9.17, 15) is 14.7 Å². The molecule has 1 saturated heterocycles. The number of carbonyl (C=O) groups is 2. The SMILES string of the molecule is Cc1ccc(C(O)=C2C(=O)C(=O)N(c3ccccc3)[C@H]2c2ccccc2)cc1. The fraction of sp³-hybridized carbons (Fsp3) is 0.0833. The summed E-state index contributed by atoms with van der Waals surface area (Å²) < 4.78 is 0. The van der Waals surface area contributed by atoms with Crippen LogP contribution in [0.4, 0.5) is 5.69 Å². The number of ketones is 1. The van der Waals surface area contributed by atoms with Crippen LogP contribution >= 0.6 is 0 Å². The van der Waals surface area contributed by atoms with Crippen LogP contribution in [0.5, 0.6) is 0 Å². The van der Waals surface area contributed by atoms with Crippen LogP contribution in [0, 0.1) is 6.92 Å². The molecule has 0 aromatic heterocycles. The second kappa shape index (κ2) is 7.16. The number of para-hydroxylation sites is 1. The Morgan fingerprint density at radius 1 is 0.821 bits per heavy atom. The molecule has 1 N–H and O–H groups in total. The van der Waals surface area contributed by atoms with E-state index in [2.05, 4.69) is 0 Å². The zero-order chi connectivity index (χ0) is 19.7.